The third kappa shape index (κ3) is 4.80. The molecule has 3 aromatic carbocycles. The standard InChI is InChI=1S/C12H13NO.2C9H7NO.Al/c1-2-4-9-7-8-13-12-10(9)5-3-6-11(12)14;2*11-8-5-1-3-7-4-2-6-10-9(7)8;/h3,5-8,14H,2,4H2,1H3;2*1-6,11H;/q;;;+3/p-3. The summed E-state index contributed by atoms with van der Waals surface area (Å²) >= 11 is -2.89. The van der Waals surface area contributed by atoms with Crippen molar-refractivity contribution in [2.24, 2.45) is 0 Å². The second kappa shape index (κ2) is 10.4. The molecule has 0 radical (unpaired) electrons. The van der Waals surface area contributed by atoms with Crippen LogP contribution in [0.25, 0.3) is 32.7 Å². The van der Waals surface area contributed by atoms with E-state index in [0.717, 1.165) is 45.6 Å². The van der Waals surface area contributed by atoms with E-state index in [9.17, 15) is 0 Å². The second-order valence-corrected chi connectivity index (χ2v) is 9.96. The third-order valence-electron chi connectivity index (χ3n) is 6.20. The largest absolute Gasteiger partial charge is 1.20 e. The zero-order valence-corrected chi connectivity index (χ0v) is 21.5. The Labute approximate surface area is 219 Å². The molecule has 6 rings (SSSR count). The molecule has 0 atom stereocenters. The van der Waals surface area contributed by atoms with Crippen LogP contribution in [0.1, 0.15) is 18.9 Å². The first-order valence-corrected chi connectivity index (χ1v) is 13.8. The van der Waals surface area contributed by atoms with Gasteiger partial charge < -0.3 is 11.4 Å². The fraction of sp³-hybridized carbons (Fsp3) is 0.100. The number of fused-ring (bicyclic) bond motifs is 3. The number of para-hydroxylation sites is 3. The van der Waals surface area contributed by atoms with Gasteiger partial charge in [-0.3, -0.25) is 15.0 Å². The van der Waals surface area contributed by atoms with Crippen molar-refractivity contribution in [2.45, 2.75) is 19.8 Å². The van der Waals surface area contributed by atoms with Gasteiger partial charge in [-0.15, -0.1) is 0 Å². The molecular weight excluding hydrogens is 477 g/mol. The SMILES string of the molecule is CCCc1ccnc2c([O][Al]([O]c3cccc4cccnc34)[O]c3cccc4cccnc34)cccc12. The Balaban J connectivity index is 1.42. The highest BCUT2D eigenvalue weighted by molar-refractivity contribution is 6.40. The summed E-state index contributed by atoms with van der Waals surface area (Å²) in [6, 6.07) is 27.6. The number of benzene rings is 3. The number of hydrogen-bond acceptors (Lipinski definition) is 6. The average molecular weight is 502 g/mol. The molecule has 0 bridgehead atoms. The van der Waals surface area contributed by atoms with Crippen LogP contribution in [0, 0.1) is 0 Å². The van der Waals surface area contributed by atoms with Crippen LogP contribution < -0.4 is 11.4 Å². The third-order valence-corrected chi connectivity index (χ3v) is 7.54. The van der Waals surface area contributed by atoms with Crippen molar-refractivity contribution in [3.63, 3.8) is 0 Å². The predicted molar refractivity (Wildman–Crippen MR) is 147 cm³/mol. The summed E-state index contributed by atoms with van der Waals surface area (Å²) in [7, 11) is 0. The number of hydrogen-bond donors (Lipinski definition) is 0. The minimum Gasteiger partial charge on any atom is -0.576 e. The summed E-state index contributed by atoms with van der Waals surface area (Å²) in [4.78, 5) is 13.7. The van der Waals surface area contributed by atoms with E-state index in [2.05, 4.69) is 34.0 Å². The molecule has 3 heterocycles. The highest BCUT2D eigenvalue weighted by atomic mass is 27.3. The topological polar surface area (TPSA) is 66.4 Å². The summed E-state index contributed by atoms with van der Waals surface area (Å²) < 4.78 is 19.5. The number of aryl methyl sites for hydroxylation is 1. The van der Waals surface area contributed by atoms with Gasteiger partial charge >= 0.3 is 15.1 Å². The Hall–Kier alpha value is -4.18. The maximum absolute atomic E-state index is 6.54. The summed E-state index contributed by atoms with van der Waals surface area (Å²) in [5.74, 6) is 1.86. The predicted octanol–water partition coefficient (Wildman–Crippen LogP) is 6.81. The van der Waals surface area contributed by atoms with Crippen LogP contribution in [0.15, 0.2) is 104 Å². The lowest BCUT2D eigenvalue weighted by Gasteiger charge is -2.19. The highest BCUT2D eigenvalue weighted by Crippen LogP contribution is 2.30. The van der Waals surface area contributed by atoms with E-state index in [4.69, 9.17) is 11.4 Å². The van der Waals surface area contributed by atoms with E-state index in [1.54, 1.807) is 12.4 Å². The summed E-state index contributed by atoms with van der Waals surface area (Å²) in [6.07, 6.45) is 7.37. The molecule has 37 heavy (non-hydrogen) atoms. The number of pyridine rings is 3. The molecule has 6 nitrogen and oxygen atoms in total. The molecule has 180 valence electrons. The maximum atomic E-state index is 6.54. The van der Waals surface area contributed by atoms with E-state index < -0.39 is 15.1 Å². The Morgan fingerprint density at radius 1 is 0.568 bits per heavy atom. The van der Waals surface area contributed by atoms with Crippen molar-refractivity contribution in [3.05, 3.63) is 109 Å². The van der Waals surface area contributed by atoms with E-state index in [1.807, 2.05) is 79.0 Å². The van der Waals surface area contributed by atoms with Gasteiger partial charge in [0.1, 0.15) is 33.8 Å². The highest BCUT2D eigenvalue weighted by Gasteiger charge is 2.45. The van der Waals surface area contributed by atoms with Crippen LogP contribution in [0.3, 0.4) is 0 Å². The smallest absolute Gasteiger partial charge is 0.576 e. The first-order chi connectivity index (χ1) is 18.3. The van der Waals surface area contributed by atoms with Crippen LogP contribution in [0.2, 0.25) is 0 Å². The Kier molecular flexibility index (Phi) is 6.55. The second-order valence-electron chi connectivity index (χ2n) is 8.68. The lowest BCUT2D eigenvalue weighted by atomic mass is 10.0. The van der Waals surface area contributed by atoms with Gasteiger partial charge in [-0.25, -0.2) is 0 Å². The fourth-order valence-corrected chi connectivity index (χ4v) is 5.85. The normalized spacial score (nSPS) is 11.1. The molecule has 7 heteroatoms. The van der Waals surface area contributed by atoms with Crippen molar-refractivity contribution < 1.29 is 11.4 Å². The van der Waals surface area contributed by atoms with Crippen molar-refractivity contribution in [1.29, 1.82) is 0 Å². The Morgan fingerprint density at radius 2 is 1.08 bits per heavy atom. The van der Waals surface area contributed by atoms with E-state index in [1.165, 1.54) is 5.56 Å². The molecule has 6 aromatic rings. The summed E-state index contributed by atoms with van der Waals surface area (Å²) in [5.41, 5.74) is 3.55. The molecule has 0 spiro atoms. The molecular formula is C30H24AlN3O3. The van der Waals surface area contributed by atoms with Crippen molar-refractivity contribution >= 4 is 47.9 Å². The minimum atomic E-state index is -2.89. The molecule has 0 aliphatic carbocycles. The average Bonchev–Trinajstić information content (AvgIpc) is 2.94. The van der Waals surface area contributed by atoms with E-state index in [0.29, 0.717) is 17.2 Å². The number of aromatic nitrogens is 3. The van der Waals surface area contributed by atoms with Gasteiger partial charge in [0.2, 0.25) is 0 Å². The number of rotatable bonds is 8. The van der Waals surface area contributed by atoms with Crippen molar-refractivity contribution in [1.82, 2.24) is 15.0 Å². The van der Waals surface area contributed by atoms with Gasteiger partial charge in [-0.1, -0.05) is 61.9 Å². The maximum Gasteiger partial charge on any atom is 1.20 e. The van der Waals surface area contributed by atoms with Crippen molar-refractivity contribution in [3.8, 4) is 17.2 Å². The molecule has 0 unspecified atom stereocenters. The molecule has 0 aliphatic rings. The van der Waals surface area contributed by atoms with Gasteiger partial charge in [0.05, 0.1) is 0 Å². The monoisotopic (exact) mass is 501 g/mol. The van der Waals surface area contributed by atoms with Crippen LogP contribution in [0.5, 0.6) is 17.2 Å². The van der Waals surface area contributed by atoms with Gasteiger partial charge in [-0.2, -0.15) is 0 Å². The van der Waals surface area contributed by atoms with Gasteiger partial charge in [-0.05, 0) is 48.4 Å². The molecule has 0 fully saturated rings. The minimum absolute atomic E-state index is 0.614. The van der Waals surface area contributed by atoms with Gasteiger partial charge in [0.15, 0.2) is 0 Å². The van der Waals surface area contributed by atoms with E-state index >= 15 is 0 Å². The molecule has 0 saturated carbocycles. The molecule has 3 aromatic heterocycles. The van der Waals surface area contributed by atoms with Crippen LogP contribution in [-0.4, -0.2) is 30.1 Å². The molecule has 0 saturated heterocycles. The van der Waals surface area contributed by atoms with Crippen LogP contribution >= 0.6 is 0 Å². The molecule has 0 aliphatic heterocycles. The van der Waals surface area contributed by atoms with Crippen LogP contribution in [-0.2, 0) is 6.42 Å². The summed E-state index contributed by atoms with van der Waals surface area (Å²) in [6.45, 7) is 2.17. The fourth-order valence-electron chi connectivity index (χ4n) is 4.51. The Morgan fingerprint density at radius 3 is 1.68 bits per heavy atom. The molecule has 0 N–H and O–H groups in total. The lowest BCUT2D eigenvalue weighted by molar-refractivity contribution is 0.311. The summed E-state index contributed by atoms with van der Waals surface area (Å²) in [5, 5.41) is 3.04. The van der Waals surface area contributed by atoms with Crippen LogP contribution in [0.4, 0.5) is 0 Å². The first-order valence-electron chi connectivity index (χ1n) is 12.3. The lowest BCUT2D eigenvalue weighted by Crippen LogP contribution is -2.37. The quantitative estimate of drug-likeness (QED) is 0.214. The zero-order valence-electron chi connectivity index (χ0n) is 20.4. The number of nitrogens with zero attached hydrogens (tertiary/aromatic N) is 3. The van der Waals surface area contributed by atoms with Crippen molar-refractivity contribution in [2.75, 3.05) is 0 Å². The van der Waals surface area contributed by atoms with Gasteiger partial charge in [0.25, 0.3) is 0 Å². The van der Waals surface area contributed by atoms with Gasteiger partial charge in [0, 0.05) is 34.7 Å². The Bertz CT molecular complexity index is 1620. The van der Waals surface area contributed by atoms with E-state index in [-0.39, 0.29) is 0 Å². The first kappa shape index (κ1) is 23.2. The molecule has 0 amide bonds. The zero-order chi connectivity index (χ0) is 25.0.